The molecule has 0 bridgehead atoms. The predicted molar refractivity (Wildman–Crippen MR) is 61.8 cm³/mol. The van der Waals surface area contributed by atoms with Crippen LogP contribution in [0.2, 0.25) is 0 Å². The number of hydrogen-bond donors (Lipinski definition) is 1. The Kier molecular flexibility index (Phi) is 5.83. The van der Waals surface area contributed by atoms with Crippen LogP contribution in [0, 0.1) is 11.3 Å². The van der Waals surface area contributed by atoms with E-state index in [9.17, 15) is 4.79 Å². The van der Waals surface area contributed by atoms with Gasteiger partial charge in [-0.15, -0.1) is 0 Å². The second-order valence-corrected chi connectivity index (χ2v) is 3.91. The van der Waals surface area contributed by atoms with Crippen molar-refractivity contribution in [2.45, 2.75) is 13.3 Å². The first-order valence-corrected chi connectivity index (χ1v) is 5.85. The first-order valence-electron chi connectivity index (χ1n) is 5.85. The molecular formula is C11H20N4O. The molecule has 1 amide bonds. The summed E-state index contributed by atoms with van der Waals surface area (Å²) < 4.78 is 0. The zero-order valence-electron chi connectivity index (χ0n) is 9.91. The van der Waals surface area contributed by atoms with Crippen LogP contribution in [-0.2, 0) is 4.79 Å². The second-order valence-electron chi connectivity index (χ2n) is 3.91. The SMILES string of the molecule is CCNCC(=O)N1CCN(CCC#N)CC1. The van der Waals surface area contributed by atoms with E-state index in [2.05, 4.69) is 16.3 Å². The van der Waals surface area contributed by atoms with E-state index in [1.54, 1.807) is 0 Å². The van der Waals surface area contributed by atoms with Gasteiger partial charge in [0.2, 0.25) is 5.91 Å². The van der Waals surface area contributed by atoms with Gasteiger partial charge in [-0.1, -0.05) is 6.92 Å². The van der Waals surface area contributed by atoms with Crippen molar-refractivity contribution < 1.29 is 4.79 Å². The number of hydrogen-bond acceptors (Lipinski definition) is 4. The number of piperazine rings is 1. The minimum Gasteiger partial charge on any atom is -0.339 e. The molecule has 1 rings (SSSR count). The average Bonchev–Trinajstić information content (AvgIpc) is 2.34. The summed E-state index contributed by atoms with van der Waals surface area (Å²) in [6.07, 6.45) is 0.575. The molecule has 0 radical (unpaired) electrons. The number of amides is 1. The van der Waals surface area contributed by atoms with E-state index in [-0.39, 0.29) is 5.91 Å². The summed E-state index contributed by atoms with van der Waals surface area (Å²) in [6.45, 7) is 7.44. The van der Waals surface area contributed by atoms with Crippen LogP contribution in [-0.4, -0.2) is 61.5 Å². The minimum atomic E-state index is 0.182. The monoisotopic (exact) mass is 224 g/mol. The minimum absolute atomic E-state index is 0.182. The summed E-state index contributed by atoms with van der Waals surface area (Å²) in [6, 6.07) is 2.14. The first kappa shape index (κ1) is 12.9. The van der Waals surface area contributed by atoms with Gasteiger partial charge in [0.25, 0.3) is 0 Å². The summed E-state index contributed by atoms with van der Waals surface area (Å²) in [4.78, 5) is 15.8. The van der Waals surface area contributed by atoms with Crippen molar-refractivity contribution in [3.05, 3.63) is 0 Å². The van der Waals surface area contributed by atoms with Crippen molar-refractivity contribution in [3.8, 4) is 6.07 Å². The maximum Gasteiger partial charge on any atom is 0.236 e. The summed E-state index contributed by atoms with van der Waals surface area (Å²) in [5.74, 6) is 0.182. The molecule has 0 aromatic carbocycles. The molecule has 1 N–H and O–H groups in total. The van der Waals surface area contributed by atoms with Crippen LogP contribution < -0.4 is 5.32 Å². The van der Waals surface area contributed by atoms with Crippen LogP contribution >= 0.6 is 0 Å². The standard InChI is InChI=1S/C11H20N4O/c1-2-13-10-11(16)15-8-6-14(7-9-15)5-3-4-12/h13H,2-3,5-10H2,1H3. The summed E-state index contributed by atoms with van der Waals surface area (Å²) >= 11 is 0. The maximum absolute atomic E-state index is 11.7. The van der Waals surface area contributed by atoms with Crippen molar-refractivity contribution in [1.82, 2.24) is 15.1 Å². The van der Waals surface area contributed by atoms with E-state index in [0.717, 1.165) is 39.3 Å². The Morgan fingerprint density at radius 3 is 2.62 bits per heavy atom. The molecule has 0 aliphatic carbocycles. The van der Waals surface area contributed by atoms with Crippen LogP contribution in [0.3, 0.4) is 0 Å². The molecule has 16 heavy (non-hydrogen) atoms. The first-order chi connectivity index (χ1) is 7.77. The number of rotatable bonds is 5. The third kappa shape index (κ3) is 4.17. The fourth-order valence-corrected chi connectivity index (χ4v) is 1.77. The molecule has 0 aromatic heterocycles. The van der Waals surface area contributed by atoms with Gasteiger partial charge in [0.1, 0.15) is 0 Å². The Hall–Kier alpha value is -1.12. The highest BCUT2D eigenvalue weighted by Crippen LogP contribution is 2.02. The molecule has 1 fully saturated rings. The van der Waals surface area contributed by atoms with Gasteiger partial charge in [0.05, 0.1) is 12.6 Å². The summed E-state index contributed by atoms with van der Waals surface area (Å²) in [7, 11) is 0. The van der Waals surface area contributed by atoms with Crippen molar-refractivity contribution in [2.24, 2.45) is 0 Å². The fraction of sp³-hybridized carbons (Fsp3) is 0.818. The Bertz CT molecular complexity index is 253. The topological polar surface area (TPSA) is 59.4 Å². The zero-order chi connectivity index (χ0) is 11.8. The summed E-state index contributed by atoms with van der Waals surface area (Å²) in [5, 5.41) is 11.5. The van der Waals surface area contributed by atoms with Crippen LogP contribution in [0.15, 0.2) is 0 Å². The lowest BCUT2D eigenvalue weighted by Gasteiger charge is -2.34. The van der Waals surface area contributed by atoms with Gasteiger partial charge in [-0.3, -0.25) is 9.69 Å². The molecule has 90 valence electrons. The number of nitrogens with one attached hydrogen (secondary N) is 1. The lowest BCUT2D eigenvalue weighted by molar-refractivity contribution is -0.131. The molecule has 1 heterocycles. The number of nitriles is 1. The predicted octanol–water partition coefficient (Wildman–Crippen LogP) is -0.346. The molecule has 5 nitrogen and oxygen atoms in total. The highest BCUT2D eigenvalue weighted by Gasteiger charge is 2.19. The van der Waals surface area contributed by atoms with Gasteiger partial charge in [-0.2, -0.15) is 5.26 Å². The Morgan fingerprint density at radius 2 is 2.06 bits per heavy atom. The lowest BCUT2D eigenvalue weighted by atomic mass is 10.3. The van der Waals surface area contributed by atoms with E-state index in [4.69, 9.17) is 5.26 Å². The van der Waals surface area contributed by atoms with Crippen molar-refractivity contribution in [3.63, 3.8) is 0 Å². The molecule has 0 aromatic rings. The smallest absolute Gasteiger partial charge is 0.236 e. The molecular weight excluding hydrogens is 204 g/mol. The maximum atomic E-state index is 11.7. The van der Waals surface area contributed by atoms with Crippen LogP contribution in [0.4, 0.5) is 0 Å². The highest BCUT2D eigenvalue weighted by molar-refractivity contribution is 5.78. The van der Waals surface area contributed by atoms with Crippen molar-refractivity contribution >= 4 is 5.91 Å². The largest absolute Gasteiger partial charge is 0.339 e. The third-order valence-corrected chi connectivity index (χ3v) is 2.79. The van der Waals surface area contributed by atoms with E-state index >= 15 is 0 Å². The van der Waals surface area contributed by atoms with E-state index in [1.165, 1.54) is 0 Å². The van der Waals surface area contributed by atoms with Crippen molar-refractivity contribution in [2.75, 3.05) is 45.8 Å². The van der Waals surface area contributed by atoms with Crippen LogP contribution in [0.5, 0.6) is 0 Å². The summed E-state index contributed by atoms with van der Waals surface area (Å²) in [5.41, 5.74) is 0. The second kappa shape index (κ2) is 7.20. The molecule has 1 aliphatic rings. The normalized spacial score (nSPS) is 17.1. The van der Waals surface area contributed by atoms with E-state index in [1.807, 2.05) is 11.8 Å². The lowest BCUT2D eigenvalue weighted by Crippen LogP contribution is -2.50. The molecule has 5 heteroatoms. The van der Waals surface area contributed by atoms with Gasteiger partial charge in [0, 0.05) is 39.1 Å². The molecule has 0 unspecified atom stereocenters. The molecule has 0 spiro atoms. The highest BCUT2D eigenvalue weighted by atomic mass is 16.2. The third-order valence-electron chi connectivity index (χ3n) is 2.79. The van der Waals surface area contributed by atoms with Gasteiger partial charge >= 0.3 is 0 Å². The van der Waals surface area contributed by atoms with Gasteiger partial charge in [-0.05, 0) is 6.54 Å². The number of carbonyl (C=O) groups excluding carboxylic acids is 1. The van der Waals surface area contributed by atoms with Crippen molar-refractivity contribution in [1.29, 1.82) is 5.26 Å². The van der Waals surface area contributed by atoms with Crippen LogP contribution in [0.25, 0.3) is 0 Å². The Labute approximate surface area is 97.0 Å². The molecule has 0 atom stereocenters. The molecule has 1 aliphatic heterocycles. The van der Waals surface area contributed by atoms with Gasteiger partial charge in [0.15, 0.2) is 0 Å². The van der Waals surface area contributed by atoms with E-state index < -0.39 is 0 Å². The van der Waals surface area contributed by atoms with Gasteiger partial charge < -0.3 is 10.2 Å². The Morgan fingerprint density at radius 1 is 1.38 bits per heavy atom. The zero-order valence-corrected chi connectivity index (χ0v) is 9.91. The average molecular weight is 224 g/mol. The Balaban J connectivity index is 2.21. The van der Waals surface area contributed by atoms with Crippen LogP contribution in [0.1, 0.15) is 13.3 Å². The van der Waals surface area contributed by atoms with E-state index in [0.29, 0.717) is 13.0 Å². The molecule has 0 saturated carbocycles. The number of likely N-dealkylation sites (N-methyl/N-ethyl adjacent to an activating group) is 1. The number of nitrogens with zero attached hydrogens (tertiary/aromatic N) is 3. The molecule has 1 saturated heterocycles. The van der Waals surface area contributed by atoms with Gasteiger partial charge in [-0.25, -0.2) is 0 Å². The number of carbonyl (C=O) groups is 1. The quantitative estimate of drug-likeness (QED) is 0.693. The fourth-order valence-electron chi connectivity index (χ4n) is 1.77.